The Morgan fingerprint density at radius 3 is 2.19 bits per heavy atom. The Labute approximate surface area is 163 Å². The molecule has 0 bridgehead atoms. The first kappa shape index (κ1) is 25.8. The second-order valence-electron chi connectivity index (χ2n) is 8.27. The van der Waals surface area contributed by atoms with Crippen molar-refractivity contribution < 1.29 is 4.39 Å². The predicted molar refractivity (Wildman–Crippen MR) is 113 cm³/mol. The smallest absolute Gasteiger partial charge is 0.123 e. The Bertz CT molecular complexity index is 340. The highest BCUT2D eigenvalue weighted by atomic mass is 19.1. The van der Waals surface area contributed by atoms with Gasteiger partial charge in [-0.25, -0.2) is 9.40 Å². The molecule has 1 fully saturated rings. The maximum absolute atomic E-state index is 15.5. The van der Waals surface area contributed by atoms with E-state index in [4.69, 9.17) is 5.84 Å². The zero-order valence-electron chi connectivity index (χ0n) is 18.5. The number of nitrogens with two attached hydrogens (primary N) is 1. The summed E-state index contributed by atoms with van der Waals surface area (Å²) in [4.78, 5) is 2.22. The fourth-order valence-electron chi connectivity index (χ4n) is 3.90. The third-order valence-electron chi connectivity index (χ3n) is 5.81. The summed E-state index contributed by atoms with van der Waals surface area (Å²) >= 11 is 0. The molecule has 4 nitrogen and oxygen atoms in total. The summed E-state index contributed by atoms with van der Waals surface area (Å²) in [6, 6.07) is 0. The highest BCUT2D eigenvalue weighted by Crippen LogP contribution is 2.44. The summed E-state index contributed by atoms with van der Waals surface area (Å²) < 4.78 is 15.5. The molecule has 0 radical (unpaired) electrons. The van der Waals surface area contributed by atoms with Gasteiger partial charge < -0.3 is 5.32 Å². The highest BCUT2D eigenvalue weighted by Gasteiger charge is 2.39. The van der Waals surface area contributed by atoms with Crippen molar-refractivity contribution in [2.75, 3.05) is 46.8 Å². The van der Waals surface area contributed by atoms with E-state index in [2.05, 4.69) is 37.9 Å². The fraction of sp³-hybridized carbons (Fsp3) is 1.00. The molecule has 158 valence electrons. The van der Waals surface area contributed by atoms with Crippen LogP contribution in [0.3, 0.4) is 0 Å². The molecule has 1 saturated carbocycles. The zero-order valence-corrected chi connectivity index (χ0v) is 18.5. The number of nitrogens with zero attached hydrogens (tertiary/aromatic N) is 2. The number of hydrogen-bond acceptors (Lipinski definition) is 4. The van der Waals surface area contributed by atoms with Gasteiger partial charge in [0.2, 0.25) is 0 Å². The van der Waals surface area contributed by atoms with E-state index in [0.717, 1.165) is 39.0 Å². The van der Waals surface area contributed by atoms with Crippen molar-refractivity contribution in [3.63, 3.8) is 0 Å². The molecule has 1 aliphatic rings. The van der Waals surface area contributed by atoms with Crippen molar-refractivity contribution in [1.82, 2.24) is 15.2 Å². The third-order valence-corrected chi connectivity index (χ3v) is 5.81. The summed E-state index contributed by atoms with van der Waals surface area (Å²) in [6.45, 7) is 12.7. The lowest BCUT2D eigenvalue weighted by Gasteiger charge is -2.34. The van der Waals surface area contributed by atoms with Crippen molar-refractivity contribution in [2.45, 2.75) is 84.7 Å². The summed E-state index contributed by atoms with van der Waals surface area (Å²) in [6.07, 6.45) is 8.22. The average Bonchev–Trinajstić information content (AvgIpc) is 2.77. The van der Waals surface area contributed by atoms with Gasteiger partial charge in [-0.3, -0.25) is 10.7 Å². The van der Waals surface area contributed by atoms with Crippen molar-refractivity contribution in [2.24, 2.45) is 11.3 Å². The van der Waals surface area contributed by atoms with Crippen LogP contribution in [0.2, 0.25) is 0 Å². The lowest BCUT2D eigenvalue weighted by molar-refractivity contribution is 0.0694. The Morgan fingerprint density at radius 1 is 1.04 bits per heavy atom. The largest absolute Gasteiger partial charge is 0.320 e. The van der Waals surface area contributed by atoms with Crippen LogP contribution in [-0.4, -0.2) is 62.4 Å². The molecule has 0 heterocycles. The van der Waals surface area contributed by atoms with Gasteiger partial charge >= 0.3 is 0 Å². The monoisotopic (exact) mass is 374 g/mol. The van der Waals surface area contributed by atoms with Crippen molar-refractivity contribution in [3.05, 3.63) is 0 Å². The SMILES string of the molecule is CCC.CCN(CCN(C)N)CC1(F)CCCC(CC)(CCNC)CC1. The van der Waals surface area contributed by atoms with Crippen LogP contribution < -0.4 is 11.2 Å². The molecule has 26 heavy (non-hydrogen) atoms. The summed E-state index contributed by atoms with van der Waals surface area (Å²) in [5.74, 6) is 5.69. The number of likely N-dealkylation sites (N-methyl/N-ethyl adjacent to an activating group) is 2. The quantitative estimate of drug-likeness (QED) is 0.342. The van der Waals surface area contributed by atoms with Gasteiger partial charge in [0.15, 0.2) is 0 Å². The molecule has 0 aliphatic heterocycles. The van der Waals surface area contributed by atoms with Crippen LogP contribution in [0.1, 0.15) is 79.1 Å². The Kier molecular flexibility index (Phi) is 13.7. The standard InChI is InChI=1S/C18H39FN4.C3H8/c1-5-17(12-13-21-3)8-7-9-18(19,11-10-17)16-23(6-2)15-14-22(4)20;1-3-2/h21H,5-16,20H2,1-4H3;3H2,1-2H3. The van der Waals surface area contributed by atoms with Crippen LogP contribution >= 0.6 is 0 Å². The molecule has 2 unspecified atom stereocenters. The molecule has 0 spiro atoms. The van der Waals surface area contributed by atoms with Gasteiger partial charge in [-0.15, -0.1) is 0 Å². The molecule has 0 aromatic heterocycles. The minimum atomic E-state index is -1.03. The van der Waals surface area contributed by atoms with Gasteiger partial charge in [-0.2, -0.15) is 0 Å². The molecule has 1 aliphatic carbocycles. The molecule has 5 heteroatoms. The molecule has 2 atom stereocenters. The van der Waals surface area contributed by atoms with Crippen LogP contribution in [-0.2, 0) is 0 Å². The minimum absolute atomic E-state index is 0.339. The Balaban J connectivity index is 0.00000194. The number of alkyl halides is 1. The minimum Gasteiger partial charge on any atom is -0.320 e. The van der Waals surface area contributed by atoms with Crippen LogP contribution in [0.4, 0.5) is 4.39 Å². The molecule has 3 N–H and O–H groups in total. The third kappa shape index (κ3) is 10.2. The molecule has 0 aromatic carbocycles. The molecular formula is C21H47FN4. The Morgan fingerprint density at radius 2 is 1.69 bits per heavy atom. The normalized spacial score (nSPS) is 26.5. The zero-order chi connectivity index (χ0) is 20.1. The average molecular weight is 375 g/mol. The maximum Gasteiger partial charge on any atom is 0.123 e. The van der Waals surface area contributed by atoms with Gasteiger partial charge in [0.05, 0.1) is 0 Å². The van der Waals surface area contributed by atoms with E-state index in [1.165, 1.54) is 25.7 Å². The van der Waals surface area contributed by atoms with E-state index in [9.17, 15) is 0 Å². The number of halogens is 1. The summed E-state index contributed by atoms with van der Waals surface area (Å²) in [7, 11) is 3.87. The highest BCUT2D eigenvalue weighted by molar-refractivity contribution is 4.92. The predicted octanol–water partition coefficient (Wildman–Crippen LogP) is 4.21. The molecular weight excluding hydrogens is 327 g/mol. The van der Waals surface area contributed by atoms with Gasteiger partial charge in [0.25, 0.3) is 0 Å². The molecule has 0 amide bonds. The first-order chi connectivity index (χ1) is 12.3. The van der Waals surface area contributed by atoms with Crippen LogP contribution in [0.25, 0.3) is 0 Å². The lowest BCUT2D eigenvalue weighted by atomic mass is 9.75. The first-order valence-electron chi connectivity index (χ1n) is 10.8. The van der Waals surface area contributed by atoms with Gasteiger partial charge in [0.1, 0.15) is 5.67 Å². The van der Waals surface area contributed by atoms with E-state index in [-0.39, 0.29) is 0 Å². The van der Waals surface area contributed by atoms with Crippen molar-refractivity contribution >= 4 is 0 Å². The van der Waals surface area contributed by atoms with Gasteiger partial charge in [-0.1, -0.05) is 40.5 Å². The van der Waals surface area contributed by atoms with E-state index < -0.39 is 5.67 Å². The topological polar surface area (TPSA) is 44.5 Å². The number of hydrogen-bond donors (Lipinski definition) is 2. The first-order valence-corrected chi connectivity index (χ1v) is 10.8. The second-order valence-corrected chi connectivity index (χ2v) is 8.27. The molecule has 1 rings (SSSR count). The maximum atomic E-state index is 15.5. The van der Waals surface area contributed by atoms with Crippen LogP contribution in [0, 0.1) is 5.41 Å². The molecule has 0 saturated heterocycles. The fourth-order valence-corrected chi connectivity index (χ4v) is 3.90. The van der Waals surface area contributed by atoms with E-state index in [1.54, 1.807) is 5.01 Å². The summed E-state index contributed by atoms with van der Waals surface area (Å²) in [5, 5.41) is 4.95. The second kappa shape index (κ2) is 13.9. The van der Waals surface area contributed by atoms with E-state index in [0.29, 0.717) is 24.8 Å². The Hall–Kier alpha value is -0.230. The summed E-state index contributed by atoms with van der Waals surface area (Å²) in [5.41, 5.74) is -0.689. The number of rotatable bonds is 10. The van der Waals surface area contributed by atoms with Crippen LogP contribution in [0.5, 0.6) is 0 Å². The van der Waals surface area contributed by atoms with E-state index in [1.807, 2.05) is 14.1 Å². The number of nitrogens with one attached hydrogen (secondary N) is 1. The van der Waals surface area contributed by atoms with Gasteiger partial charge in [-0.05, 0) is 64.1 Å². The number of hydrazine groups is 1. The van der Waals surface area contributed by atoms with Gasteiger partial charge in [0, 0.05) is 26.7 Å². The van der Waals surface area contributed by atoms with Crippen LogP contribution in [0.15, 0.2) is 0 Å². The van der Waals surface area contributed by atoms with Crippen molar-refractivity contribution in [3.8, 4) is 0 Å². The lowest BCUT2D eigenvalue weighted by Crippen LogP contribution is -2.43. The molecule has 0 aromatic rings. The van der Waals surface area contributed by atoms with Crippen molar-refractivity contribution in [1.29, 1.82) is 0 Å². The van der Waals surface area contributed by atoms with E-state index >= 15 is 4.39 Å².